The van der Waals surface area contributed by atoms with Crippen molar-refractivity contribution in [3.8, 4) is 0 Å². The lowest BCUT2D eigenvalue weighted by atomic mass is 10.2. The lowest BCUT2D eigenvalue weighted by molar-refractivity contribution is -0.132. The molecule has 126 valence electrons. The zero-order valence-electron chi connectivity index (χ0n) is 13.8. The Bertz CT molecular complexity index is 711. The van der Waals surface area contributed by atoms with E-state index >= 15 is 0 Å². The van der Waals surface area contributed by atoms with Crippen LogP contribution in [0.25, 0.3) is 0 Å². The number of hydrogen-bond donors (Lipinski definition) is 0. The number of nitrogens with zero attached hydrogens (tertiary/aromatic N) is 2. The Morgan fingerprint density at radius 1 is 1.09 bits per heavy atom. The third kappa shape index (κ3) is 3.43. The fraction of sp³-hybridized carbons (Fsp3) is 0.588. The molecule has 23 heavy (non-hydrogen) atoms. The molecule has 6 heteroatoms. The van der Waals surface area contributed by atoms with Gasteiger partial charge in [0.25, 0.3) is 0 Å². The van der Waals surface area contributed by atoms with Gasteiger partial charge in [0.1, 0.15) is 0 Å². The van der Waals surface area contributed by atoms with Crippen LogP contribution < -0.4 is 0 Å². The first kappa shape index (κ1) is 16.5. The van der Waals surface area contributed by atoms with E-state index in [1.165, 1.54) is 4.31 Å². The molecule has 0 atom stereocenters. The van der Waals surface area contributed by atoms with Gasteiger partial charge in [-0.3, -0.25) is 4.79 Å². The number of sulfonamides is 1. The van der Waals surface area contributed by atoms with Crippen molar-refractivity contribution >= 4 is 15.9 Å². The third-order valence-electron chi connectivity index (χ3n) is 4.65. The topological polar surface area (TPSA) is 57.7 Å². The molecular formula is C17H24N2O3S. The van der Waals surface area contributed by atoms with Crippen LogP contribution in [0, 0.1) is 19.8 Å². The van der Waals surface area contributed by atoms with Gasteiger partial charge in [0, 0.05) is 32.1 Å². The van der Waals surface area contributed by atoms with Crippen molar-refractivity contribution in [2.45, 2.75) is 38.0 Å². The maximum absolute atomic E-state index is 13.0. The van der Waals surface area contributed by atoms with E-state index in [0.29, 0.717) is 37.5 Å². The molecule has 5 nitrogen and oxygen atoms in total. The highest BCUT2D eigenvalue weighted by molar-refractivity contribution is 7.89. The number of carbonyl (C=O) groups is 1. The normalized spacial score (nSPS) is 20.3. The first-order chi connectivity index (χ1) is 10.9. The summed E-state index contributed by atoms with van der Waals surface area (Å²) in [4.78, 5) is 14.4. The highest BCUT2D eigenvalue weighted by Gasteiger charge is 2.35. The van der Waals surface area contributed by atoms with Crippen LogP contribution in [-0.4, -0.2) is 49.7 Å². The molecule has 1 aromatic carbocycles. The fourth-order valence-corrected chi connectivity index (χ4v) is 4.85. The van der Waals surface area contributed by atoms with Gasteiger partial charge in [-0.2, -0.15) is 4.31 Å². The molecule has 0 N–H and O–H groups in total. The second-order valence-electron chi connectivity index (χ2n) is 6.63. The first-order valence-electron chi connectivity index (χ1n) is 8.26. The maximum atomic E-state index is 13.0. The maximum Gasteiger partial charge on any atom is 0.243 e. The van der Waals surface area contributed by atoms with E-state index in [2.05, 4.69) is 0 Å². The second kappa shape index (κ2) is 6.24. The predicted molar refractivity (Wildman–Crippen MR) is 88.6 cm³/mol. The molecule has 0 radical (unpaired) electrons. The van der Waals surface area contributed by atoms with Crippen LogP contribution in [0.15, 0.2) is 23.1 Å². The summed E-state index contributed by atoms with van der Waals surface area (Å²) < 4.78 is 27.5. The van der Waals surface area contributed by atoms with Crippen molar-refractivity contribution in [2.75, 3.05) is 26.2 Å². The van der Waals surface area contributed by atoms with Gasteiger partial charge in [0.15, 0.2) is 0 Å². The van der Waals surface area contributed by atoms with Crippen LogP contribution >= 0.6 is 0 Å². The van der Waals surface area contributed by atoms with Crippen molar-refractivity contribution in [3.05, 3.63) is 29.3 Å². The lowest BCUT2D eigenvalue weighted by Crippen LogP contribution is -2.38. The molecule has 1 heterocycles. The number of rotatable bonds is 3. The molecule has 1 amide bonds. The molecule has 0 spiro atoms. The number of amides is 1. The lowest BCUT2D eigenvalue weighted by Gasteiger charge is -2.22. The number of benzene rings is 1. The minimum absolute atomic E-state index is 0.192. The van der Waals surface area contributed by atoms with Crippen LogP contribution in [0.4, 0.5) is 0 Å². The van der Waals surface area contributed by atoms with Gasteiger partial charge in [0.2, 0.25) is 15.9 Å². The van der Waals surface area contributed by atoms with E-state index in [1.807, 2.05) is 30.9 Å². The van der Waals surface area contributed by atoms with E-state index in [1.54, 1.807) is 6.07 Å². The zero-order chi connectivity index (χ0) is 16.6. The number of aryl methyl sites for hydroxylation is 2. The molecule has 0 unspecified atom stereocenters. The SMILES string of the molecule is Cc1ccc(C)c(S(=O)(=O)N2CCCN(C(=O)C3CC3)CC2)c1. The van der Waals surface area contributed by atoms with Gasteiger partial charge in [0.05, 0.1) is 4.90 Å². The molecule has 1 saturated heterocycles. The molecule has 1 aliphatic carbocycles. The molecule has 3 rings (SSSR count). The Kier molecular flexibility index (Phi) is 4.47. The predicted octanol–water partition coefficient (Wildman–Crippen LogP) is 1.94. The number of hydrogen-bond acceptors (Lipinski definition) is 3. The van der Waals surface area contributed by atoms with Crippen molar-refractivity contribution in [1.82, 2.24) is 9.21 Å². The number of carbonyl (C=O) groups excluding carboxylic acids is 1. The van der Waals surface area contributed by atoms with Gasteiger partial charge < -0.3 is 4.90 Å². The van der Waals surface area contributed by atoms with E-state index in [9.17, 15) is 13.2 Å². The summed E-state index contributed by atoms with van der Waals surface area (Å²) in [7, 11) is -3.50. The molecule has 2 aliphatic rings. The van der Waals surface area contributed by atoms with Gasteiger partial charge in [-0.25, -0.2) is 8.42 Å². The van der Waals surface area contributed by atoms with Crippen LogP contribution in [0.1, 0.15) is 30.4 Å². The van der Waals surface area contributed by atoms with Crippen LogP contribution in [-0.2, 0) is 14.8 Å². The van der Waals surface area contributed by atoms with Crippen molar-refractivity contribution in [3.63, 3.8) is 0 Å². The summed E-state index contributed by atoms with van der Waals surface area (Å²) in [5.41, 5.74) is 1.71. The van der Waals surface area contributed by atoms with Gasteiger partial charge in [-0.1, -0.05) is 12.1 Å². The Morgan fingerprint density at radius 2 is 1.83 bits per heavy atom. The highest BCUT2D eigenvalue weighted by atomic mass is 32.2. The summed E-state index contributed by atoms with van der Waals surface area (Å²) in [6.45, 7) is 5.75. The van der Waals surface area contributed by atoms with Crippen LogP contribution in [0.2, 0.25) is 0 Å². The van der Waals surface area contributed by atoms with E-state index in [4.69, 9.17) is 0 Å². The molecule has 1 aliphatic heterocycles. The van der Waals surface area contributed by atoms with Crippen LogP contribution in [0.5, 0.6) is 0 Å². The summed E-state index contributed by atoms with van der Waals surface area (Å²) in [5, 5.41) is 0. The summed E-state index contributed by atoms with van der Waals surface area (Å²) in [5.74, 6) is 0.396. The monoisotopic (exact) mass is 336 g/mol. The second-order valence-corrected chi connectivity index (χ2v) is 8.53. The third-order valence-corrected chi connectivity index (χ3v) is 6.70. The Labute approximate surface area is 138 Å². The standard InChI is InChI=1S/C17H24N2O3S/c1-13-4-5-14(2)16(12-13)23(21,22)19-9-3-8-18(10-11-19)17(20)15-6-7-15/h4-5,12,15H,3,6-11H2,1-2H3. The Hall–Kier alpha value is -1.40. The quantitative estimate of drug-likeness (QED) is 0.847. The van der Waals surface area contributed by atoms with Crippen LogP contribution in [0.3, 0.4) is 0 Å². The Balaban J connectivity index is 1.78. The molecule has 2 fully saturated rings. The minimum Gasteiger partial charge on any atom is -0.341 e. The summed E-state index contributed by atoms with van der Waals surface area (Å²) in [6.07, 6.45) is 2.67. The van der Waals surface area contributed by atoms with E-state index < -0.39 is 10.0 Å². The van der Waals surface area contributed by atoms with Crippen molar-refractivity contribution in [2.24, 2.45) is 5.92 Å². The fourth-order valence-electron chi connectivity index (χ4n) is 3.07. The molecule has 0 bridgehead atoms. The zero-order valence-corrected chi connectivity index (χ0v) is 14.6. The minimum atomic E-state index is -3.50. The van der Waals surface area contributed by atoms with E-state index in [0.717, 1.165) is 24.0 Å². The van der Waals surface area contributed by atoms with Crippen molar-refractivity contribution < 1.29 is 13.2 Å². The molecule has 1 aromatic rings. The van der Waals surface area contributed by atoms with E-state index in [-0.39, 0.29) is 11.8 Å². The summed E-state index contributed by atoms with van der Waals surface area (Å²) >= 11 is 0. The van der Waals surface area contributed by atoms with Gasteiger partial charge >= 0.3 is 0 Å². The molecule has 0 aromatic heterocycles. The Morgan fingerprint density at radius 3 is 2.52 bits per heavy atom. The van der Waals surface area contributed by atoms with Gasteiger partial charge in [-0.05, 0) is 50.3 Å². The smallest absolute Gasteiger partial charge is 0.243 e. The molecular weight excluding hydrogens is 312 g/mol. The van der Waals surface area contributed by atoms with Gasteiger partial charge in [-0.15, -0.1) is 0 Å². The average molecular weight is 336 g/mol. The summed E-state index contributed by atoms with van der Waals surface area (Å²) in [6, 6.07) is 5.51. The average Bonchev–Trinajstić information content (AvgIpc) is 3.35. The highest BCUT2D eigenvalue weighted by Crippen LogP contribution is 2.31. The molecule has 1 saturated carbocycles. The largest absolute Gasteiger partial charge is 0.341 e. The van der Waals surface area contributed by atoms with Crippen molar-refractivity contribution in [1.29, 1.82) is 0 Å². The first-order valence-corrected chi connectivity index (χ1v) is 9.70.